The Labute approximate surface area is 174 Å². The number of likely N-dealkylation sites (tertiary alicyclic amines) is 1. The van der Waals surface area contributed by atoms with E-state index in [-0.39, 0.29) is 11.9 Å². The van der Waals surface area contributed by atoms with Crippen molar-refractivity contribution in [2.24, 2.45) is 0 Å². The van der Waals surface area contributed by atoms with Gasteiger partial charge in [-0.25, -0.2) is 14.8 Å². The standard InChI is InChI=1S/C20H24ClN5O3/c1-20(2,3)29-19(28)25-15-6-4-5-13(9-15)17(27)26-8-7-16(12-26)24-18-22-10-14(21)11-23-18/h4-6,9-11,16H,7-8,12H2,1-3H3,(H,25,28)(H,22,23,24)/t16-/m1/s1. The summed E-state index contributed by atoms with van der Waals surface area (Å²) >= 11 is 5.80. The molecule has 1 aliphatic heterocycles. The summed E-state index contributed by atoms with van der Waals surface area (Å²) in [6, 6.07) is 6.88. The minimum atomic E-state index is -0.594. The van der Waals surface area contributed by atoms with E-state index in [0.29, 0.717) is 35.3 Å². The molecule has 0 spiro atoms. The highest BCUT2D eigenvalue weighted by Gasteiger charge is 2.27. The zero-order chi connectivity index (χ0) is 21.0. The Morgan fingerprint density at radius 3 is 2.66 bits per heavy atom. The predicted octanol–water partition coefficient (Wildman–Crippen LogP) is 3.80. The molecule has 0 saturated carbocycles. The average molecular weight is 418 g/mol. The third-order valence-corrected chi connectivity index (χ3v) is 4.38. The van der Waals surface area contributed by atoms with Gasteiger partial charge in [-0.05, 0) is 45.4 Å². The van der Waals surface area contributed by atoms with Gasteiger partial charge in [0.2, 0.25) is 5.95 Å². The van der Waals surface area contributed by atoms with Gasteiger partial charge in [-0.15, -0.1) is 0 Å². The van der Waals surface area contributed by atoms with Crippen LogP contribution >= 0.6 is 11.6 Å². The molecule has 29 heavy (non-hydrogen) atoms. The van der Waals surface area contributed by atoms with Gasteiger partial charge in [0, 0.05) is 30.4 Å². The lowest BCUT2D eigenvalue weighted by atomic mass is 10.1. The van der Waals surface area contributed by atoms with Gasteiger partial charge >= 0.3 is 6.09 Å². The molecular weight excluding hydrogens is 394 g/mol. The predicted molar refractivity (Wildman–Crippen MR) is 111 cm³/mol. The number of benzene rings is 1. The molecule has 154 valence electrons. The second-order valence-electron chi connectivity index (χ2n) is 7.81. The maximum Gasteiger partial charge on any atom is 0.412 e. The molecule has 1 atom stereocenters. The second-order valence-corrected chi connectivity index (χ2v) is 8.25. The zero-order valence-corrected chi connectivity index (χ0v) is 17.4. The summed E-state index contributed by atoms with van der Waals surface area (Å²) in [5.41, 5.74) is 0.415. The van der Waals surface area contributed by atoms with E-state index in [1.54, 1.807) is 49.9 Å². The molecule has 2 aromatic rings. The fourth-order valence-corrected chi connectivity index (χ4v) is 3.06. The molecule has 1 aliphatic rings. The number of amides is 2. The summed E-state index contributed by atoms with van der Waals surface area (Å²) in [7, 11) is 0. The molecule has 0 unspecified atom stereocenters. The van der Waals surface area contributed by atoms with Gasteiger partial charge in [-0.1, -0.05) is 17.7 Å². The lowest BCUT2D eigenvalue weighted by Gasteiger charge is -2.20. The average Bonchev–Trinajstić information content (AvgIpc) is 3.10. The fourth-order valence-electron chi connectivity index (χ4n) is 2.97. The van der Waals surface area contributed by atoms with Gasteiger partial charge in [0.15, 0.2) is 0 Å². The van der Waals surface area contributed by atoms with Crippen LogP contribution in [0.3, 0.4) is 0 Å². The summed E-state index contributed by atoms with van der Waals surface area (Å²) in [6.45, 7) is 6.53. The maximum atomic E-state index is 12.9. The van der Waals surface area contributed by atoms with Crippen molar-refractivity contribution in [2.75, 3.05) is 23.7 Å². The highest BCUT2D eigenvalue weighted by atomic mass is 35.5. The summed E-state index contributed by atoms with van der Waals surface area (Å²) in [5, 5.41) is 6.34. The normalized spacial score (nSPS) is 16.4. The molecule has 1 aromatic heterocycles. The molecule has 0 aliphatic carbocycles. The first kappa shape index (κ1) is 20.9. The monoisotopic (exact) mass is 417 g/mol. The summed E-state index contributed by atoms with van der Waals surface area (Å²) < 4.78 is 5.25. The van der Waals surface area contributed by atoms with Crippen LogP contribution < -0.4 is 10.6 Å². The highest BCUT2D eigenvalue weighted by Crippen LogP contribution is 2.19. The van der Waals surface area contributed by atoms with Gasteiger partial charge in [0.1, 0.15) is 5.60 Å². The molecule has 2 heterocycles. The van der Waals surface area contributed by atoms with Crippen molar-refractivity contribution < 1.29 is 14.3 Å². The van der Waals surface area contributed by atoms with E-state index in [0.717, 1.165) is 6.42 Å². The van der Waals surface area contributed by atoms with Crippen LogP contribution in [-0.4, -0.2) is 51.6 Å². The summed E-state index contributed by atoms with van der Waals surface area (Å²) in [6.07, 6.45) is 3.28. The number of aromatic nitrogens is 2. The number of rotatable bonds is 4. The molecule has 9 heteroatoms. The van der Waals surface area contributed by atoms with E-state index in [4.69, 9.17) is 16.3 Å². The minimum absolute atomic E-state index is 0.0585. The van der Waals surface area contributed by atoms with E-state index >= 15 is 0 Å². The lowest BCUT2D eigenvalue weighted by Crippen LogP contribution is -2.32. The topological polar surface area (TPSA) is 96.5 Å². The number of ether oxygens (including phenoxy) is 1. The van der Waals surface area contributed by atoms with E-state index in [9.17, 15) is 9.59 Å². The Kier molecular flexibility index (Phi) is 6.22. The largest absolute Gasteiger partial charge is 0.444 e. The van der Waals surface area contributed by atoms with E-state index in [1.165, 1.54) is 12.4 Å². The smallest absolute Gasteiger partial charge is 0.412 e. The van der Waals surface area contributed by atoms with Crippen LogP contribution in [0.25, 0.3) is 0 Å². The lowest BCUT2D eigenvalue weighted by molar-refractivity contribution is 0.0635. The Hall–Kier alpha value is -2.87. The zero-order valence-electron chi connectivity index (χ0n) is 16.6. The molecule has 8 nitrogen and oxygen atoms in total. The number of hydrogen-bond acceptors (Lipinski definition) is 6. The van der Waals surface area contributed by atoms with Crippen LogP contribution in [0.15, 0.2) is 36.7 Å². The third kappa shape index (κ3) is 6.05. The molecule has 0 bridgehead atoms. The van der Waals surface area contributed by atoms with Crippen LogP contribution in [0.4, 0.5) is 16.4 Å². The number of anilines is 2. The summed E-state index contributed by atoms with van der Waals surface area (Å²) in [4.78, 5) is 34.8. The number of halogens is 1. The van der Waals surface area contributed by atoms with Gasteiger partial charge < -0.3 is 15.0 Å². The molecule has 1 aromatic carbocycles. The van der Waals surface area contributed by atoms with Gasteiger partial charge in [0.25, 0.3) is 5.91 Å². The first-order valence-electron chi connectivity index (χ1n) is 9.33. The first-order valence-corrected chi connectivity index (χ1v) is 9.71. The first-order chi connectivity index (χ1) is 13.7. The minimum Gasteiger partial charge on any atom is -0.444 e. The van der Waals surface area contributed by atoms with Crippen molar-refractivity contribution in [3.8, 4) is 0 Å². The highest BCUT2D eigenvalue weighted by molar-refractivity contribution is 6.30. The maximum absolute atomic E-state index is 12.9. The van der Waals surface area contributed by atoms with Crippen LogP contribution in [0.5, 0.6) is 0 Å². The van der Waals surface area contributed by atoms with Crippen molar-refractivity contribution >= 4 is 35.2 Å². The van der Waals surface area contributed by atoms with Crippen LogP contribution in [0.2, 0.25) is 5.02 Å². The third-order valence-electron chi connectivity index (χ3n) is 4.18. The van der Waals surface area contributed by atoms with Crippen molar-refractivity contribution in [1.29, 1.82) is 0 Å². The number of hydrogen-bond donors (Lipinski definition) is 2. The van der Waals surface area contributed by atoms with Crippen molar-refractivity contribution in [3.05, 3.63) is 47.2 Å². The van der Waals surface area contributed by atoms with Gasteiger partial charge in [0.05, 0.1) is 17.4 Å². The fraction of sp³-hybridized carbons (Fsp3) is 0.400. The Bertz CT molecular complexity index is 882. The van der Waals surface area contributed by atoms with Crippen LogP contribution in [-0.2, 0) is 4.74 Å². The number of carbonyl (C=O) groups excluding carboxylic acids is 2. The van der Waals surface area contributed by atoms with E-state index in [1.807, 2.05) is 0 Å². The SMILES string of the molecule is CC(C)(C)OC(=O)Nc1cccc(C(=O)N2CC[C@@H](Nc3ncc(Cl)cn3)C2)c1. The molecule has 2 N–H and O–H groups in total. The summed E-state index contributed by atoms with van der Waals surface area (Å²) in [5.74, 6) is 0.386. The molecule has 1 saturated heterocycles. The number of carbonyl (C=O) groups is 2. The molecule has 0 radical (unpaired) electrons. The molecular formula is C20H24ClN5O3. The quantitative estimate of drug-likeness (QED) is 0.785. The number of nitrogens with one attached hydrogen (secondary N) is 2. The van der Waals surface area contributed by atoms with Gasteiger partial charge in [-0.2, -0.15) is 0 Å². The molecule has 2 amide bonds. The van der Waals surface area contributed by atoms with E-state index in [2.05, 4.69) is 20.6 Å². The Morgan fingerprint density at radius 1 is 1.24 bits per heavy atom. The number of nitrogens with zero attached hydrogens (tertiary/aromatic N) is 3. The van der Waals surface area contributed by atoms with Crippen LogP contribution in [0.1, 0.15) is 37.6 Å². The van der Waals surface area contributed by atoms with Crippen molar-refractivity contribution in [1.82, 2.24) is 14.9 Å². The van der Waals surface area contributed by atoms with Crippen molar-refractivity contribution in [2.45, 2.75) is 38.8 Å². The van der Waals surface area contributed by atoms with Crippen molar-refractivity contribution in [3.63, 3.8) is 0 Å². The van der Waals surface area contributed by atoms with E-state index < -0.39 is 11.7 Å². The molecule has 3 rings (SSSR count). The molecule has 1 fully saturated rings. The van der Waals surface area contributed by atoms with Crippen LogP contribution in [0, 0.1) is 0 Å². The van der Waals surface area contributed by atoms with Gasteiger partial charge in [-0.3, -0.25) is 10.1 Å². The Morgan fingerprint density at radius 2 is 1.97 bits per heavy atom. The Balaban J connectivity index is 1.59. The second kappa shape index (κ2) is 8.65.